The van der Waals surface area contributed by atoms with Crippen LogP contribution in [0.25, 0.3) is 10.8 Å². The van der Waals surface area contributed by atoms with Gasteiger partial charge >= 0.3 is 5.97 Å². The quantitative estimate of drug-likeness (QED) is 0.877. The van der Waals surface area contributed by atoms with Crippen LogP contribution in [-0.4, -0.2) is 29.1 Å². The lowest BCUT2D eigenvalue weighted by atomic mass is 10.0. The molecular formula is C15H17NO2. The minimum atomic E-state index is -0.780. The van der Waals surface area contributed by atoms with Crippen molar-refractivity contribution in [2.75, 3.05) is 13.1 Å². The highest BCUT2D eigenvalue weighted by molar-refractivity contribution is 5.85. The number of aliphatic carboxylic acids is 1. The molecule has 0 heterocycles. The molecule has 2 aromatic carbocycles. The van der Waals surface area contributed by atoms with Crippen LogP contribution < -0.4 is 0 Å². The first kappa shape index (κ1) is 12.6. The molecular weight excluding hydrogens is 226 g/mol. The molecule has 0 saturated carbocycles. The van der Waals surface area contributed by atoms with E-state index in [4.69, 9.17) is 5.11 Å². The summed E-state index contributed by atoms with van der Waals surface area (Å²) >= 11 is 0. The lowest BCUT2D eigenvalue weighted by Crippen LogP contribution is -2.29. The first-order chi connectivity index (χ1) is 8.70. The third-order valence-electron chi connectivity index (χ3n) is 3.08. The highest BCUT2D eigenvalue weighted by Gasteiger charge is 2.09. The van der Waals surface area contributed by atoms with Crippen molar-refractivity contribution in [3.8, 4) is 0 Å². The number of carbonyl (C=O) groups is 1. The zero-order valence-electron chi connectivity index (χ0n) is 10.5. The number of hydrogen-bond acceptors (Lipinski definition) is 2. The van der Waals surface area contributed by atoms with E-state index in [1.54, 1.807) is 0 Å². The maximum absolute atomic E-state index is 10.8. The van der Waals surface area contributed by atoms with E-state index in [1.807, 2.05) is 30.0 Å². The van der Waals surface area contributed by atoms with E-state index in [-0.39, 0.29) is 6.54 Å². The molecule has 3 nitrogen and oxygen atoms in total. The van der Waals surface area contributed by atoms with Gasteiger partial charge in [0.25, 0.3) is 0 Å². The Labute approximate surface area is 107 Å². The number of hydrogen-bond donors (Lipinski definition) is 1. The third-order valence-corrected chi connectivity index (χ3v) is 3.08. The van der Waals surface area contributed by atoms with Crippen LogP contribution in [0.15, 0.2) is 42.5 Å². The van der Waals surface area contributed by atoms with Crippen LogP contribution in [0.2, 0.25) is 0 Å². The van der Waals surface area contributed by atoms with E-state index in [1.165, 1.54) is 16.3 Å². The molecule has 3 heteroatoms. The monoisotopic (exact) mass is 243 g/mol. The van der Waals surface area contributed by atoms with Crippen molar-refractivity contribution in [2.45, 2.75) is 13.5 Å². The Morgan fingerprint density at radius 3 is 2.61 bits per heavy atom. The second kappa shape index (κ2) is 5.65. The summed E-state index contributed by atoms with van der Waals surface area (Å²) in [5, 5.41) is 11.3. The van der Waals surface area contributed by atoms with E-state index in [0.29, 0.717) is 6.54 Å². The maximum Gasteiger partial charge on any atom is 0.317 e. The molecule has 0 bridgehead atoms. The number of carboxylic acids is 1. The molecule has 18 heavy (non-hydrogen) atoms. The van der Waals surface area contributed by atoms with Crippen molar-refractivity contribution in [3.63, 3.8) is 0 Å². The van der Waals surface area contributed by atoms with E-state index in [9.17, 15) is 4.79 Å². The van der Waals surface area contributed by atoms with Crippen LogP contribution in [0.1, 0.15) is 12.5 Å². The molecule has 0 aromatic heterocycles. The predicted molar refractivity (Wildman–Crippen MR) is 72.5 cm³/mol. The van der Waals surface area contributed by atoms with Crippen molar-refractivity contribution in [3.05, 3.63) is 48.0 Å². The van der Waals surface area contributed by atoms with Crippen LogP contribution in [-0.2, 0) is 11.3 Å². The zero-order valence-corrected chi connectivity index (χ0v) is 10.5. The number of nitrogens with zero attached hydrogens (tertiary/aromatic N) is 1. The molecule has 0 aliphatic heterocycles. The summed E-state index contributed by atoms with van der Waals surface area (Å²) in [5.41, 5.74) is 1.18. The summed E-state index contributed by atoms with van der Waals surface area (Å²) in [7, 11) is 0. The van der Waals surface area contributed by atoms with Crippen molar-refractivity contribution < 1.29 is 9.90 Å². The van der Waals surface area contributed by atoms with Gasteiger partial charge in [0.2, 0.25) is 0 Å². The number of fused-ring (bicyclic) bond motifs is 1. The molecule has 0 aliphatic carbocycles. The molecule has 0 spiro atoms. The van der Waals surface area contributed by atoms with Crippen molar-refractivity contribution in [1.29, 1.82) is 0 Å². The Hall–Kier alpha value is -1.87. The van der Waals surface area contributed by atoms with Gasteiger partial charge in [0.1, 0.15) is 0 Å². The van der Waals surface area contributed by atoms with Crippen LogP contribution >= 0.6 is 0 Å². The fourth-order valence-corrected chi connectivity index (χ4v) is 2.14. The van der Waals surface area contributed by atoms with Crippen LogP contribution in [0.3, 0.4) is 0 Å². The average Bonchev–Trinajstić information content (AvgIpc) is 2.38. The number of rotatable bonds is 5. The number of benzene rings is 2. The van der Waals surface area contributed by atoms with Crippen LogP contribution in [0, 0.1) is 0 Å². The Kier molecular flexibility index (Phi) is 3.95. The number of likely N-dealkylation sites (N-methyl/N-ethyl adjacent to an activating group) is 1. The first-order valence-corrected chi connectivity index (χ1v) is 6.11. The SMILES string of the molecule is CCN(CC(=O)O)Cc1cccc2ccccc12. The standard InChI is InChI=1S/C15H17NO2/c1-2-16(11-15(17)18)10-13-8-5-7-12-6-3-4-9-14(12)13/h3-9H,2,10-11H2,1H3,(H,17,18). The Balaban J connectivity index is 2.27. The molecule has 2 rings (SSSR count). The van der Waals surface area contributed by atoms with Gasteiger partial charge in [-0.2, -0.15) is 0 Å². The second-order valence-corrected chi connectivity index (χ2v) is 4.34. The first-order valence-electron chi connectivity index (χ1n) is 6.11. The van der Waals surface area contributed by atoms with Gasteiger partial charge in [0, 0.05) is 6.54 Å². The predicted octanol–water partition coefficient (Wildman–Crippen LogP) is 2.75. The normalized spacial score (nSPS) is 11.0. The second-order valence-electron chi connectivity index (χ2n) is 4.34. The molecule has 2 aromatic rings. The summed E-state index contributed by atoms with van der Waals surface area (Å²) in [4.78, 5) is 12.7. The van der Waals surface area contributed by atoms with Gasteiger partial charge in [-0.3, -0.25) is 9.69 Å². The minimum Gasteiger partial charge on any atom is -0.480 e. The molecule has 0 fully saturated rings. The Bertz CT molecular complexity index is 546. The van der Waals surface area contributed by atoms with Gasteiger partial charge < -0.3 is 5.11 Å². The molecule has 0 radical (unpaired) electrons. The molecule has 94 valence electrons. The summed E-state index contributed by atoms with van der Waals surface area (Å²) in [5.74, 6) is -0.780. The topological polar surface area (TPSA) is 40.5 Å². The van der Waals surface area contributed by atoms with Crippen LogP contribution in [0.4, 0.5) is 0 Å². The lowest BCUT2D eigenvalue weighted by molar-refractivity contribution is -0.138. The largest absolute Gasteiger partial charge is 0.480 e. The minimum absolute atomic E-state index is 0.0831. The summed E-state index contributed by atoms with van der Waals surface area (Å²) in [6.45, 7) is 3.47. The summed E-state index contributed by atoms with van der Waals surface area (Å²) < 4.78 is 0. The van der Waals surface area contributed by atoms with Gasteiger partial charge in [-0.1, -0.05) is 49.4 Å². The van der Waals surface area contributed by atoms with E-state index in [2.05, 4.69) is 24.3 Å². The number of carboxylic acid groups (broad SMARTS) is 1. The lowest BCUT2D eigenvalue weighted by Gasteiger charge is -2.19. The highest BCUT2D eigenvalue weighted by Crippen LogP contribution is 2.19. The average molecular weight is 243 g/mol. The Morgan fingerprint density at radius 2 is 1.89 bits per heavy atom. The molecule has 0 saturated heterocycles. The molecule has 0 aliphatic rings. The zero-order chi connectivity index (χ0) is 13.0. The fourth-order valence-electron chi connectivity index (χ4n) is 2.14. The molecule has 0 atom stereocenters. The van der Waals surface area contributed by atoms with Gasteiger partial charge in [0.05, 0.1) is 6.54 Å². The summed E-state index contributed by atoms with van der Waals surface area (Å²) in [6, 6.07) is 14.3. The molecule has 0 amide bonds. The molecule has 1 N–H and O–H groups in total. The fraction of sp³-hybridized carbons (Fsp3) is 0.267. The van der Waals surface area contributed by atoms with Gasteiger partial charge in [-0.25, -0.2) is 0 Å². The van der Waals surface area contributed by atoms with Crippen molar-refractivity contribution in [1.82, 2.24) is 4.90 Å². The van der Waals surface area contributed by atoms with Gasteiger partial charge in [0.15, 0.2) is 0 Å². The van der Waals surface area contributed by atoms with Crippen LogP contribution in [0.5, 0.6) is 0 Å². The summed E-state index contributed by atoms with van der Waals surface area (Å²) in [6.07, 6.45) is 0. The van der Waals surface area contributed by atoms with Gasteiger partial charge in [-0.15, -0.1) is 0 Å². The molecule has 0 unspecified atom stereocenters. The van der Waals surface area contributed by atoms with Crippen molar-refractivity contribution in [2.24, 2.45) is 0 Å². The maximum atomic E-state index is 10.8. The highest BCUT2D eigenvalue weighted by atomic mass is 16.4. The smallest absolute Gasteiger partial charge is 0.317 e. The van der Waals surface area contributed by atoms with E-state index >= 15 is 0 Å². The van der Waals surface area contributed by atoms with Gasteiger partial charge in [-0.05, 0) is 22.9 Å². The van der Waals surface area contributed by atoms with E-state index < -0.39 is 5.97 Å². The van der Waals surface area contributed by atoms with E-state index in [0.717, 1.165) is 6.54 Å². The Morgan fingerprint density at radius 1 is 1.17 bits per heavy atom. The third kappa shape index (κ3) is 2.87. The van der Waals surface area contributed by atoms with Crippen molar-refractivity contribution >= 4 is 16.7 Å².